The Bertz CT molecular complexity index is 314. The number of amides is 1. The van der Waals surface area contributed by atoms with E-state index >= 15 is 0 Å². The number of anilines is 1. The molecule has 1 rings (SSSR count). The van der Waals surface area contributed by atoms with E-state index in [0.717, 1.165) is 0 Å². The van der Waals surface area contributed by atoms with Crippen LogP contribution in [0.3, 0.4) is 0 Å². The summed E-state index contributed by atoms with van der Waals surface area (Å²) in [7, 11) is 0. The summed E-state index contributed by atoms with van der Waals surface area (Å²) in [6.07, 6.45) is 0. The maximum atomic E-state index is 12.9. The van der Waals surface area contributed by atoms with Gasteiger partial charge in [0.1, 0.15) is 5.82 Å². The average molecular weight is 279 g/mol. The first-order valence-electron chi connectivity index (χ1n) is 3.32. The second kappa shape index (κ2) is 3.84. The summed E-state index contributed by atoms with van der Waals surface area (Å²) in [5.41, 5.74) is 0.486. The van der Waals surface area contributed by atoms with Gasteiger partial charge in [0.15, 0.2) is 0 Å². The number of nitrogens with one attached hydrogen (secondary N) is 1. The van der Waals surface area contributed by atoms with Gasteiger partial charge in [-0.05, 0) is 40.8 Å². The normalized spacial score (nSPS) is 9.58. The van der Waals surface area contributed by atoms with Crippen LogP contribution in [0.1, 0.15) is 6.92 Å². The number of carbonyl (C=O) groups is 1. The van der Waals surface area contributed by atoms with Gasteiger partial charge in [-0.2, -0.15) is 0 Å². The molecule has 4 heteroatoms. The van der Waals surface area contributed by atoms with Crippen LogP contribution in [0.2, 0.25) is 0 Å². The molecule has 0 saturated heterocycles. The Balaban J connectivity index is 2.89. The Hall–Kier alpha value is -0.650. The molecule has 0 heterocycles. The summed E-state index contributed by atoms with van der Waals surface area (Å²) >= 11 is 1.89. The molecule has 2 nitrogen and oxygen atoms in total. The van der Waals surface area contributed by atoms with E-state index in [-0.39, 0.29) is 11.7 Å². The second-order valence-corrected chi connectivity index (χ2v) is 3.47. The van der Waals surface area contributed by atoms with Crippen molar-refractivity contribution in [1.82, 2.24) is 0 Å². The molecule has 0 saturated carbocycles. The highest BCUT2D eigenvalue weighted by molar-refractivity contribution is 14.1. The molecular formula is C8H7FINO. The molecule has 12 heavy (non-hydrogen) atoms. The summed E-state index contributed by atoms with van der Waals surface area (Å²) in [5, 5.41) is 2.49. The van der Waals surface area contributed by atoms with E-state index in [2.05, 4.69) is 5.32 Å². The molecule has 0 aliphatic heterocycles. The molecule has 0 aliphatic rings. The molecule has 0 fully saturated rings. The minimum Gasteiger partial charge on any atom is -0.326 e. The molecular weight excluding hydrogens is 272 g/mol. The first kappa shape index (κ1) is 9.44. The minimum absolute atomic E-state index is 0.199. The number of halogens is 2. The van der Waals surface area contributed by atoms with Crippen LogP contribution in [0.15, 0.2) is 18.2 Å². The number of carbonyl (C=O) groups excluding carboxylic acids is 1. The van der Waals surface area contributed by atoms with Crippen molar-refractivity contribution in [1.29, 1.82) is 0 Å². The SMILES string of the molecule is CC(=O)Nc1ccc(I)c(F)c1. The molecule has 0 aliphatic carbocycles. The lowest BCUT2D eigenvalue weighted by Crippen LogP contribution is -2.05. The third-order valence-corrected chi connectivity index (χ3v) is 2.11. The zero-order chi connectivity index (χ0) is 9.14. The third kappa shape index (κ3) is 2.44. The largest absolute Gasteiger partial charge is 0.326 e. The Labute approximate surface area is 83.3 Å². The first-order chi connectivity index (χ1) is 5.59. The smallest absolute Gasteiger partial charge is 0.221 e. The van der Waals surface area contributed by atoms with Crippen molar-refractivity contribution in [3.8, 4) is 0 Å². The Morgan fingerprint density at radius 3 is 2.75 bits per heavy atom. The van der Waals surface area contributed by atoms with E-state index in [1.54, 1.807) is 12.1 Å². The van der Waals surface area contributed by atoms with Crippen molar-refractivity contribution < 1.29 is 9.18 Å². The molecule has 0 atom stereocenters. The summed E-state index contributed by atoms with van der Waals surface area (Å²) in [4.78, 5) is 10.6. The fourth-order valence-corrected chi connectivity index (χ4v) is 1.11. The van der Waals surface area contributed by atoms with Crippen LogP contribution in [0, 0.1) is 9.39 Å². The summed E-state index contributed by atoms with van der Waals surface area (Å²) in [6, 6.07) is 4.57. The van der Waals surface area contributed by atoms with Crippen molar-refractivity contribution in [3.05, 3.63) is 27.6 Å². The predicted octanol–water partition coefficient (Wildman–Crippen LogP) is 2.39. The quantitative estimate of drug-likeness (QED) is 0.786. The van der Waals surface area contributed by atoms with Gasteiger partial charge in [-0.25, -0.2) is 4.39 Å². The number of benzene rings is 1. The van der Waals surface area contributed by atoms with Crippen LogP contribution in [-0.4, -0.2) is 5.91 Å². The fraction of sp³-hybridized carbons (Fsp3) is 0.125. The van der Waals surface area contributed by atoms with E-state index in [9.17, 15) is 9.18 Å². The highest BCUT2D eigenvalue weighted by atomic mass is 127. The first-order valence-corrected chi connectivity index (χ1v) is 4.40. The van der Waals surface area contributed by atoms with Crippen molar-refractivity contribution >= 4 is 34.2 Å². The molecule has 0 aromatic heterocycles. The van der Waals surface area contributed by atoms with E-state index in [4.69, 9.17) is 0 Å². The minimum atomic E-state index is -0.318. The molecule has 1 amide bonds. The fourth-order valence-electron chi connectivity index (χ4n) is 0.777. The zero-order valence-corrected chi connectivity index (χ0v) is 8.55. The summed E-state index contributed by atoms with van der Waals surface area (Å²) < 4.78 is 13.4. The molecule has 1 aromatic rings. The van der Waals surface area contributed by atoms with Gasteiger partial charge in [-0.15, -0.1) is 0 Å². The van der Waals surface area contributed by atoms with Crippen LogP contribution in [-0.2, 0) is 4.79 Å². The van der Waals surface area contributed by atoms with Gasteiger partial charge in [-0.3, -0.25) is 4.79 Å². The molecule has 64 valence electrons. The van der Waals surface area contributed by atoms with E-state index < -0.39 is 0 Å². The maximum Gasteiger partial charge on any atom is 0.221 e. The van der Waals surface area contributed by atoms with Crippen LogP contribution in [0.25, 0.3) is 0 Å². The van der Waals surface area contributed by atoms with Gasteiger partial charge in [-0.1, -0.05) is 0 Å². The van der Waals surface area contributed by atoms with Crippen molar-refractivity contribution in [2.45, 2.75) is 6.92 Å². The predicted molar refractivity (Wildman–Crippen MR) is 53.4 cm³/mol. The van der Waals surface area contributed by atoms with Crippen LogP contribution in [0.4, 0.5) is 10.1 Å². The maximum absolute atomic E-state index is 12.9. The summed E-state index contributed by atoms with van der Waals surface area (Å²) in [5.74, 6) is -0.516. The highest BCUT2D eigenvalue weighted by Crippen LogP contribution is 2.15. The topological polar surface area (TPSA) is 29.1 Å². The third-order valence-electron chi connectivity index (χ3n) is 1.24. The lowest BCUT2D eigenvalue weighted by atomic mass is 10.3. The van der Waals surface area contributed by atoms with Crippen LogP contribution in [0.5, 0.6) is 0 Å². The molecule has 0 radical (unpaired) electrons. The van der Waals surface area contributed by atoms with E-state index in [1.807, 2.05) is 22.6 Å². The monoisotopic (exact) mass is 279 g/mol. The van der Waals surface area contributed by atoms with Crippen molar-refractivity contribution in [3.63, 3.8) is 0 Å². The van der Waals surface area contributed by atoms with Crippen LogP contribution < -0.4 is 5.32 Å². The van der Waals surface area contributed by atoms with Gasteiger partial charge in [0.05, 0.1) is 0 Å². The van der Waals surface area contributed by atoms with Gasteiger partial charge >= 0.3 is 0 Å². The average Bonchev–Trinajstić information content (AvgIpc) is 1.96. The van der Waals surface area contributed by atoms with Gasteiger partial charge in [0, 0.05) is 16.2 Å². The standard InChI is InChI=1S/C8H7FINO/c1-5(12)11-6-2-3-8(10)7(9)4-6/h2-4H,1H3,(H,11,12). The van der Waals surface area contributed by atoms with E-state index in [0.29, 0.717) is 9.26 Å². The van der Waals surface area contributed by atoms with Crippen LogP contribution >= 0.6 is 22.6 Å². The van der Waals surface area contributed by atoms with Crippen molar-refractivity contribution in [2.24, 2.45) is 0 Å². The van der Waals surface area contributed by atoms with Crippen molar-refractivity contribution in [2.75, 3.05) is 5.32 Å². The number of rotatable bonds is 1. The second-order valence-electron chi connectivity index (χ2n) is 2.31. The zero-order valence-electron chi connectivity index (χ0n) is 6.40. The summed E-state index contributed by atoms with van der Waals surface area (Å²) in [6.45, 7) is 1.38. The van der Waals surface area contributed by atoms with Gasteiger partial charge in [0.25, 0.3) is 0 Å². The van der Waals surface area contributed by atoms with Gasteiger partial charge in [0.2, 0.25) is 5.91 Å². The molecule has 1 N–H and O–H groups in total. The highest BCUT2D eigenvalue weighted by Gasteiger charge is 2.00. The lowest BCUT2D eigenvalue weighted by Gasteiger charge is -2.01. The number of hydrogen-bond acceptors (Lipinski definition) is 1. The Kier molecular flexibility index (Phi) is 3.02. The molecule has 0 spiro atoms. The van der Waals surface area contributed by atoms with Gasteiger partial charge < -0.3 is 5.32 Å². The number of hydrogen-bond donors (Lipinski definition) is 1. The Morgan fingerprint density at radius 2 is 2.25 bits per heavy atom. The Morgan fingerprint density at radius 1 is 1.58 bits per heavy atom. The molecule has 1 aromatic carbocycles. The lowest BCUT2D eigenvalue weighted by molar-refractivity contribution is -0.114. The van der Waals surface area contributed by atoms with E-state index in [1.165, 1.54) is 13.0 Å². The molecule has 0 unspecified atom stereocenters. The molecule has 0 bridgehead atoms.